The summed E-state index contributed by atoms with van der Waals surface area (Å²) in [5.41, 5.74) is 2.92. The molecule has 1 atom stereocenters. The van der Waals surface area contributed by atoms with E-state index in [9.17, 15) is 14.3 Å². The van der Waals surface area contributed by atoms with Gasteiger partial charge < -0.3 is 14.7 Å². The van der Waals surface area contributed by atoms with Crippen LogP contribution < -0.4 is 0 Å². The lowest BCUT2D eigenvalue weighted by Crippen LogP contribution is -2.31. The molecular formula is C21H20FN3O3. The van der Waals surface area contributed by atoms with Crippen molar-refractivity contribution in [1.82, 2.24) is 15.1 Å². The zero-order chi connectivity index (χ0) is 19.7. The molecule has 2 heterocycles. The van der Waals surface area contributed by atoms with Crippen molar-refractivity contribution in [3.05, 3.63) is 71.2 Å². The fourth-order valence-electron chi connectivity index (χ4n) is 3.68. The molecule has 28 heavy (non-hydrogen) atoms. The normalized spacial score (nSPS) is 15.9. The Hall–Kier alpha value is -3.19. The number of amides is 1. The lowest BCUT2D eigenvalue weighted by molar-refractivity contribution is 0.0723. The Morgan fingerprint density at radius 1 is 1.21 bits per heavy atom. The van der Waals surface area contributed by atoms with Gasteiger partial charge in [-0.05, 0) is 36.2 Å². The zero-order valence-electron chi connectivity index (χ0n) is 15.4. The topological polar surface area (TPSA) is 78.5 Å². The maximum atomic E-state index is 13.5. The maximum Gasteiger partial charge on any atom is 0.273 e. The van der Waals surface area contributed by atoms with Crippen LogP contribution in [0.1, 0.15) is 34.1 Å². The molecule has 2 aromatic carbocycles. The number of rotatable bonds is 6. The van der Waals surface area contributed by atoms with Crippen molar-refractivity contribution in [3.63, 3.8) is 0 Å². The van der Waals surface area contributed by atoms with E-state index >= 15 is 0 Å². The van der Waals surface area contributed by atoms with E-state index in [1.807, 2.05) is 0 Å². The van der Waals surface area contributed by atoms with Gasteiger partial charge in [0.2, 0.25) is 0 Å². The van der Waals surface area contributed by atoms with Gasteiger partial charge in [0.15, 0.2) is 0 Å². The Balaban J connectivity index is 1.83. The van der Waals surface area contributed by atoms with Crippen LogP contribution in [0.25, 0.3) is 11.3 Å². The first-order chi connectivity index (χ1) is 13.6. The summed E-state index contributed by atoms with van der Waals surface area (Å²) in [4.78, 5) is 14.8. The monoisotopic (exact) mass is 381 g/mol. The number of aromatic hydroxyl groups is 1. The molecule has 2 N–H and O–H groups in total. The lowest BCUT2D eigenvalue weighted by atomic mass is 9.95. The second-order valence-corrected chi connectivity index (χ2v) is 6.68. The highest BCUT2D eigenvalue weighted by Gasteiger charge is 2.42. The minimum absolute atomic E-state index is 0.0833. The number of hydrogen-bond acceptors (Lipinski definition) is 4. The summed E-state index contributed by atoms with van der Waals surface area (Å²) < 4.78 is 18.6. The zero-order valence-corrected chi connectivity index (χ0v) is 15.4. The second-order valence-electron chi connectivity index (χ2n) is 6.68. The average molecular weight is 381 g/mol. The molecule has 1 aliphatic rings. The Kier molecular flexibility index (Phi) is 4.83. The largest absolute Gasteiger partial charge is 0.507 e. The summed E-state index contributed by atoms with van der Waals surface area (Å²) >= 11 is 0. The van der Waals surface area contributed by atoms with Gasteiger partial charge in [0.25, 0.3) is 5.91 Å². The molecule has 0 spiro atoms. The summed E-state index contributed by atoms with van der Waals surface area (Å²) in [7, 11) is 1.62. The number of aromatic amines is 1. The van der Waals surface area contributed by atoms with Gasteiger partial charge in [0.05, 0.1) is 6.04 Å². The smallest absolute Gasteiger partial charge is 0.273 e. The number of nitrogens with zero attached hydrogens (tertiary/aromatic N) is 2. The molecule has 0 saturated heterocycles. The molecule has 1 aliphatic heterocycles. The van der Waals surface area contributed by atoms with Crippen molar-refractivity contribution >= 4 is 5.91 Å². The summed E-state index contributed by atoms with van der Waals surface area (Å²) in [6.45, 7) is 1.01. The number of fused-ring (bicyclic) bond motifs is 1. The Bertz CT molecular complexity index is 1000. The van der Waals surface area contributed by atoms with Gasteiger partial charge >= 0.3 is 0 Å². The van der Waals surface area contributed by atoms with Gasteiger partial charge in [0.1, 0.15) is 23.0 Å². The van der Waals surface area contributed by atoms with Crippen molar-refractivity contribution in [2.75, 3.05) is 20.3 Å². The molecule has 144 valence electrons. The van der Waals surface area contributed by atoms with E-state index in [1.54, 1.807) is 48.4 Å². The number of aromatic nitrogens is 2. The standard InChI is InChI=1S/C21H20FN3O3/c1-28-12-4-11-25-20(13-7-9-14(22)10-8-13)17-18(23-24-19(17)21(25)27)15-5-2-3-6-16(15)26/h2-3,5-10,20,26H,4,11-12H2,1H3,(H,23,24). The molecule has 6 nitrogen and oxygen atoms in total. The second kappa shape index (κ2) is 7.44. The molecule has 0 aliphatic carbocycles. The van der Waals surface area contributed by atoms with E-state index in [0.717, 1.165) is 5.56 Å². The lowest BCUT2D eigenvalue weighted by Gasteiger charge is -2.26. The van der Waals surface area contributed by atoms with Crippen molar-refractivity contribution in [3.8, 4) is 17.0 Å². The molecular weight excluding hydrogens is 361 g/mol. The third-order valence-electron chi connectivity index (χ3n) is 4.96. The van der Waals surface area contributed by atoms with Gasteiger partial charge in [-0.3, -0.25) is 9.89 Å². The van der Waals surface area contributed by atoms with Crippen LogP contribution in [0.2, 0.25) is 0 Å². The molecule has 7 heteroatoms. The van der Waals surface area contributed by atoms with Crippen LogP contribution in [-0.4, -0.2) is 46.4 Å². The Morgan fingerprint density at radius 3 is 2.68 bits per heavy atom. The van der Waals surface area contributed by atoms with Gasteiger partial charge in [-0.15, -0.1) is 0 Å². The van der Waals surface area contributed by atoms with Crippen LogP contribution >= 0.6 is 0 Å². The van der Waals surface area contributed by atoms with E-state index in [0.29, 0.717) is 42.1 Å². The van der Waals surface area contributed by atoms with Gasteiger partial charge in [-0.1, -0.05) is 24.3 Å². The van der Waals surface area contributed by atoms with Crippen molar-refractivity contribution < 1.29 is 19.0 Å². The first-order valence-electron chi connectivity index (χ1n) is 9.03. The van der Waals surface area contributed by atoms with Gasteiger partial charge in [0, 0.05) is 31.4 Å². The number of benzene rings is 2. The van der Waals surface area contributed by atoms with E-state index in [-0.39, 0.29) is 17.5 Å². The van der Waals surface area contributed by atoms with Crippen LogP contribution in [0.3, 0.4) is 0 Å². The van der Waals surface area contributed by atoms with E-state index in [1.165, 1.54) is 12.1 Å². The predicted octanol–water partition coefficient (Wildman–Crippen LogP) is 3.50. The number of phenolic OH excluding ortho intramolecular Hbond substituents is 1. The number of nitrogens with one attached hydrogen (secondary N) is 1. The summed E-state index contributed by atoms with van der Waals surface area (Å²) in [6.07, 6.45) is 0.670. The minimum Gasteiger partial charge on any atom is -0.507 e. The van der Waals surface area contributed by atoms with E-state index in [2.05, 4.69) is 10.2 Å². The number of H-pyrrole nitrogens is 1. The Morgan fingerprint density at radius 2 is 1.96 bits per heavy atom. The fraction of sp³-hybridized carbons (Fsp3) is 0.238. The molecule has 0 fully saturated rings. The molecule has 4 rings (SSSR count). The number of phenols is 1. The summed E-state index contributed by atoms with van der Waals surface area (Å²) in [5, 5.41) is 17.4. The highest BCUT2D eigenvalue weighted by Crippen LogP contribution is 2.44. The van der Waals surface area contributed by atoms with Gasteiger partial charge in [-0.2, -0.15) is 5.10 Å². The number of ether oxygens (including phenoxy) is 1. The summed E-state index contributed by atoms with van der Waals surface area (Å²) in [6, 6.07) is 12.5. The number of methoxy groups -OCH3 is 1. The molecule has 1 aromatic heterocycles. The molecule has 0 saturated carbocycles. The predicted molar refractivity (Wildman–Crippen MR) is 101 cm³/mol. The van der Waals surface area contributed by atoms with Crippen LogP contribution in [0.4, 0.5) is 4.39 Å². The quantitative estimate of drug-likeness (QED) is 0.641. The van der Waals surface area contributed by atoms with Gasteiger partial charge in [-0.25, -0.2) is 4.39 Å². The third-order valence-corrected chi connectivity index (χ3v) is 4.96. The first kappa shape index (κ1) is 18.2. The van der Waals surface area contributed by atoms with Crippen LogP contribution in [0.5, 0.6) is 5.75 Å². The number of carbonyl (C=O) groups is 1. The molecule has 0 radical (unpaired) electrons. The van der Waals surface area contributed by atoms with Crippen LogP contribution in [0, 0.1) is 5.82 Å². The Labute approximate surface area is 161 Å². The maximum absolute atomic E-state index is 13.5. The van der Waals surface area contributed by atoms with Crippen molar-refractivity contribution in [2.24, 2.45) is 0 Å². The number of carbonyl (C=O) groups excluding carboxylic acids is 1. The van der Waals surface area contributed by atoms with Crippen LogP contribution in [-0.2, 0) is 4.74 Å². The summed E-state index contributed by atoms with van der Waals surface area (Å²) in [5.74, 6) is -0.429. The third kappa shape index (κ3) is 3.03. The van der Waals surface area contributed by atoms with Crippen molar-refractivity contribution in [1.29, 1.82) is 0 Å². The van der Waals surface area contributed by atoms with Crippen molar-refractivity contribution in [2.45, 2.75) is 12.5 Å². The molecule has 3 aromatic rings. The van der Waals surface area contributed by atoms with Crippen LogP contribution in [0.15, 0.2) is 48.5 Å². The molecule has 0 bridgehead atoms. The number of halogens is 1. The molecule has 1 amide bonds. The fourth-order valence-corrected chi connectivity index (χ4v) is 3.68. The minimum atomic E-state index is -0.423. The highest BCUT2D eigenvalue weighted by molar-refractivity contribution is 6.00. The first-order valence-corrected chi connectivity index (χ1v) is 9.03. The average Bonchev–Trinajstić information content (AvgIpc) is 3.23. The van der Waals surface area contributed by atoms with E-state index in [4.69, 9.17) is 4.74 Å². The number of para-hydroxylation sites is 1. The molecule has 1 unspecified atom stereocenters. The highest BCUT2D eigenvalue weighted by atomic mass is 19.1. The van der Waals surface area contributed by atoms with E-state index < -0.39 is 6.04 Å². The SMILES string of the molecule is COCCCN1C(=O)c2[nH]nc(-c3ccccc3O)c2C1c1ccc(F)cc1. The number of hydrogen-bond donors (Lipinski definition) is 2.